The lowest BCUT2D eigenvalue weighted by molar-refractivity contribution is 0.564. The molecule has 152 valence electrons. The van der Waals surface area contributed by atoms with Crippen LogP contribution < -0.4 is 9.44 Å². The number of hydrogen-bond donors (Lipinski definition) is 2. The van der Waals surface area contributed by atoms with Gasteiger partial charge in [0.25, 0.3) is 0 Å². The Bertz CT molecular complexity index is 1100. The molecule has 1 unspecified atom stereocenters. The van der Waals surface area contributed by atoms with Crippen molar-refractivity contribution in [1.29, 1.82) is 0 Å². The predicted molar refractivity (Wildman–Crippen MR) is 105 cm³/mol. The highest BCUT2D eigenvalue weighted by Crippen LogP contribution is 2.29. The number of sulfonamides is 2. The van der Waals surface area contributed by atoms with Crippen molar-refractivity contribution in [2.45, 2.75) is 41.6 Å². The summed E-state index contributed by atoms with van der Waals surface area (Å²) < 4.78 is 68.1. The van der Waals surface area contributed by atoms with Gasteiger partial charge in [-0.15, -0.1) is 0 Å². The van der Waals surface area contributed by atoms with E-state index in [1.54, 1.807) is 0 Å². The van der Waals surface area contributed by atoms with Crippen LogP contribution in [0.1, 0.15) is 31.4 Å². The quantitative estimate of drug-likeness (QED) is 0.609. The summed E-state index contributed by atoms with van der Waals surface area (Å²) in [7, 11) is -7.68. The summed E-state index contributed by atoms with van der Waals surface area (Å²) in [5, 5.41) is -0.0467. The first-order chi connectivity index (χ1) is 13.0. The highest BCUT2D eigenvalue weighted by molar-refractivity contribution is 7.90. The summed E-state index contributed by atoms with van der Waals surface area (Å²) in [4.78, 5) is -0.149. The smallest absolute Gasteiger partial charge is 0.208 e. The molecule has 1 saturated carbocycles. The largest absolute Gasteiger partial charge is 0.241 e. The Balaban J connectivity index is 1.80. The molecule has 1 aliphatic carbocycles. The molecule has 1 atom stereocenters. The van der Waals surface area contributed by atoms with Crippen molar-refractivity contribution < 1.29 is 21.2 Å². The standard InChI is InChI=1S/C17H17Cl2FN2O4S2/c1-10(14-8-17(20)16(19)9-15(14)18)21-27(23,24)12-4-6-13(7-5-12)28(25,26)22-11-2-3-11/h4-11,21-22H,2-3H2,1H3. The minimum Gasteiger partial charge on any atom is -0.208 e. The van der Waals surface area contributed by atoms with E-state index in [1.807, 2.05) is 0 Å². The van der Waals surface area contributed by atoms with Gasteiger partial charge in [0, 0.05) is 17.1 Å². The van der Waals surface area contributed by atoms with E-state index in [0.717, 1.165) is 18.9 Å². The van der Waals surface area contributed by atoms with Crippen molar-refractivity contribution in [1.82, 2.24) is 9.44 Å². The highest BCUT2D eigenvalue weighted by Gasteiger charge is 2.28. The van der Waals surface area contributed by atoms with Gasteiger partial charge in [-0.25, -0.2) is 30.7 Å². The molecule has 11 heteroatoms. The van der Waals surface area contributed by atoms with Crippen molar-refractivity contribution in [3.05, 3.63) is 57.8 Å². The number of hydrogen-bond acceptors (Lipinski definition) is 4. The molecule has 1 fully saturated rings. The minimum atomic E-state index is -4.00. The number of halogens is 3. The zero-order valence-electron chi connectivity index (χ0n) is 14.6. The van der Waals surface area contributed by atoms with E-state index < -0.39 is 31.9 Å². The summed E-state index contributed by atoms with van der Waals surface area (Å²) in [5.74, 6) is -0.718. The molecule has 6 nitrogen and oxygen atoms in total. The Hall–Kier alpha value is -1.23. The second kappa shape index (κ2) is 7.89. The molecule has 1 aliphatic rings. The van der Waals surface area contributed by atoms with Gasteiger partial charge in [-0.2, -0.15) is 0 Å². The van der Waals surface area contributed by atoms with Crippen molar-refractivity contribution in [2.24, 2.45) is 0 Å². The van der Waals surface area contributed by atoms with Crippen LogP contribution in [-0.2, 0) is 20.0 Å². The molecule has 3 rings (SSSR count). The van der Waals surface area contributed by atoms with E-state index in [1.165, 1.54) is 37.3 Å². The van der Waals surface area contributed by atoms with Crippen molar-refractivity contribution in [3.63, 3.8) is 0 Å². The first-order valence-electron chi connectivity index (χ1n) is 8.29. The monoisotopic (exact) mass is 466 g/mol. The molecule has 0 spiro atoms. The second-order valence-corrected chi connectivity index (χ2v) is 10.7. The Morgan fingerprint density at radius 3 is 2.04 bits per heavy atom. The van der Waals surface area contributed by atoms with Crippen molar-refractivity contribution in [2.75, 3.05) is 0 Å². The van der Waals surface area contributed by atoms with E-state index in [4.69, 9.17) is 23.2 Å². The van der Waals surface area contributed by atoms with E-state index in [2.05, 4.69) is 9.44 Å². The van der Waals surface area contributed by atoms with Crippen LogP contribution >= 0.6 is 23.2 Å². The highest BCUT2D eigenvalue weighted by atomic mass is 35.5. The van der Waals surface area contributed by atoms with Crippen LogP contribution in [0.5, 0.6) is 0 Å². The molecule has 0 heterocycles. The molecule has 0 bridgehead atoms. The van der Waals surface area contributed by atoms with Gasteiger partial charge in [-0.05, 0) is 61.7 Å². The first-order valence-corrected chi connectivity index (χ1v) is 12.0. The lowest BCUT2D eigenvalue weighted by Crippen LogP contribution is -2.28. The van der Waals surface area contributed by atoms with Gasteiger partial charge < -0.3 is 0 Å². The fraction of sp³-hybridized carbons (Fsp3) is 0.294. The predicted octanol–water partition coefficient (Wildman–Crippen LogP) is 3.61. The normalized spacial score (nSPS) is 16.1. The molecule has 0 amide bonds. The fourth-order valence-corrected chi connectivity index (χ4v) is 5.60. The number of rotatable bonds is 7. The van der Waals surface area contributed by atoms with Crippen LogP contribution in [0.4, 0.5) is 4.39 Å². The van der Waals surface area contributed by atoms with Gasteiger partial charge in [-0.3, -0.25) is 0 Å². The zero-order chi connectivity index (χ0) is 20.7. The van der Waals surface area contributed by atoms with Gasteiger partial charge in [-0.1, -0.05) is 23.2 Å². The SMILES string of the molecule is CC(NS(=O)(=O)c1ccc(S(=O)(=O)NC2CC2)cc1)c1cc(F)c(Cl)cc1Cl. The average molecular weight is 467 g/mol. The van der Waals surface area contributed by atoms with E-state index >= 15 is 0 Å². The summed E-state index contributed by atoms with van der Waals surface area (Å²) in [5.41, 5.74) is 0.222. The maximum absolute atomic E-state index is 13.7. The van der Waals surface area contributed by atoms with E-state index in [9.17, 15) is 21.2 Å². The summed E-state index contributed by atoms with van der Waals surface area (Å²) in [6.07, 6.45) is 1.59. The minimum absolute atomic E-state index is 0.0192. The molecule has 0 aliphatic heterocycles. The van der Waals surface area contributed by atoms with Gasteiger partial charge in [0.2, 0.25) is 20.0 Å². The molecule has 0 saturated heterocycles. The molecule has 2 aromatic rings. The second-order valence-electron chi connectivity index (χ2n) is 6.50. The molecular formula is C17H17Cl2FN2O4S2. The number of nitrogens with one attached hydrogen (secondary N) is 2. The summed E-state index contributed by atoms with van der Waals surface area (Å²) in [6, 6.07) is 6.20. The van der Waals surface area contributed by atoms with Crippen LogP contribution in [0.15, 0.2) is 46.2 Å². The average Bonchev–Trinajstić information content (AvgIpc) is 3.41. The Morgan fingerprint density at radius 1 is 0.964 bits per heavy atom. The Morgan fingerprint density at radius 2 is 1.50 bits per heavy atom. The van der Waals surface area contributed by atoms with Crippen molar-refractivity contribution >= 4 is 43.2 Å². The van der Waals surface area contributed by atoms with Gasteiger partial charge in [0.1, 0.15) is 5.82 Å². The third-order valence-electron chi connectivity index (χ3n) is 4.18. The molecule has 2 N–H and O–H groups in total. The third-order valence-corrected chi connectivity index (χ3v) is 7.89. The van der Waals surface area contributed by atoms with Crippen LogP contribution in [0.3, 0.4) is 0 Å². The van der Waals surface area contributed by atoms with E-state index in [0.29, 0.717) is 0 Å². The fourth-order valence-electron chi connectivity index (χ4n) is 2.52. The lowest BCUT2D eigenvalue weighted by atomic mass is 10.1. The zero-order valence-corrected chi connectivity index (χ0v) is 17.8. The third kappa shape index (κ3) is 4.84. The molecule has 0 aromatic heterocycles. The lowest BCUT2D eigenvalue weighted by Gasteiger charge is -2.17. The maximum Gasteiger partial charge on any atom is 0.241 e. The van der Waals surface area contributed by atoms with Gasteiger partial charge in [0.05, 0.1) is 14.8 Å². The molecule has 28 heavy (non-hydrogen) atoms. The van der Waals surface area contributed by atoms with Gasteiger partial charge >= 0.3 is 0 Å². The van der Waals surface area contributed by atoms with Gasteiger partial charge in [0.15, 0.2) is 0 Å². The van der Waals surface area contributed by atoms with Crippen LogP contribution in [0.2, 0.25) is 10.0 Å². The topological polar surface area (TPSA) is 92.3 Å². The molecule has 2 aromatic carbocycles. The van der Waals surface area contributed by atoms with Crippen molar-refractivity contribution in [3.8, 4) is 0 Å². The summed E-state index contributed by atoms with van der Waals surface area (Å²) in [6.45, 7) is 1.50. The van der Waals surface area contributed by atoms with E-state index in [-0.39, 0.29) is 31.4 Å². The Labute approximate surface area is 173 Å². The molecule has 0 radical (unpaired) electrons. The van der Waals surface area contributed by atoms with Crippen LogP contribution in [-0.4, -0.2) is 22.9 Å². The number of benzene rings is 2. The first kappa shape index (κ1) is 21.5. The van der Waals surface area contributed by atoms with Crippen LogP contribution in [0, 0.1) is 5.82 Å². The Kier molecular flexibility index (Phi) is 6.05. The summed E-state index contributed by atoms with van der Waals surface area (Å²) >= 11 is 11.7. The van der Waals surface area contributed by atoms with Crippen LogP contribution in [0.25, 0.3) is 0 Å². The molecular weight excluding hydrogens is 450 g/mol. The maximum atomic E-state index is 13.7.